The third kappa shape index (κ3) is 6.30. The maximum absolute atomic E-state index is 13.8. The van der Waals surface area contributed by atoms with Crippen molar-refractivity contribution < 1.29 is 46.1 Å². The minimum atomic E-state index is -4.83. The fourth-order valence-corrected chi connectivity index (χ4v) is 5.95. The first-order valence-electron chi connectivity index (χ1n) is 12.5. The Labute approximate surface area is 273 Å². The first-order chi connectivity index (χ1) is 21.5. The van der Waals surface area contributed by atoms with Crippen molar-refractivity contribution >= 4 is 58.1 Å². The Balaban J connectivity index is 1.74. The molecule has 3 aromatic heterocycles. The second-order valence-electron chi connectivity index (χ2n) is 9.38. The minimum absolute atomic E-state index is 0.00150. The summed E-state index contributed by atoms with van der Waals surface area (Å²) >= 11 is 20.2. The number of pyridine rings is 1. The molecule has 0 radical (unpaired) electrons. The number of aromatic nitrogens is 3. The molecule has 0 bridgehead atoms. The number of nitrogens with one attached hydrogen (secondary N) is 1. The molecular weight excluding hydrogens is 707 g/mol. The van der Waals surface area contributed by atoms with Gasteiger partial charge in [0.1, 0.15) is 37.4 Å². The van der Waals surface area contributed by atoms with E-state index in [4.69, 9.17) is 34.8 Å². The molecule has 238 valence electrons. The van der Waals surface area contributed by atoms with Crippen molar-refractivity contribution in [2.45, 2.75) is 22.4 Å². The Morgan fingerprint density at radius 3 is 1.87 bits per heavy atom. The van der Waals surface area contributed by atoms with Gasteiger partial charge in [0.2, 0.25) is 11.6 Å². The summed E-state index contributed by atoms with van der Waals surface area (Å²) in [6, 6.07) is 9.23. The third-order valence-electron chi connectivity index (χ3n) is 6.45. The summed E-state index contributed by atoms with van der Waals surface area (Å²) in [5, 5.41) is 20.3. The Hall–Kier alpha value is -4.11. The van der Waals surface area contributed by atoms with Crippen LogP contribution in [0.4, 0.5) is 26.3 Å². The molecule has 0 fully saturated rings. The zero-order chi connectivity index (χ0) is 33.7. The number of hydrogen-bond acceptors (Lipinski definition) is 6. The van der Waals surface area contributed by atoms with Crippen LogP contribution in [-0.2, 0) is 12.4 Å². The number of carbonyl (C=O) groups excluding carboxylic acids is 2. The number of benzene rings is 2. The van der Waals surface area contributed by atoms with E-state index in [1.165, 1.54) is 6.20 Å². The zero-order valence-electron chi connectivity index (χ0n) is 22.3. The lowest BCUT2D eigenvalue weighted by Gasteiger charge is -2.15. The maximum Gasteiger partial charge on any atom is 0.416 e. The van der Waals surface area contributed by atoms with Gasteiger partial charge in [-0.15, -0.1) is 0 Å². The molecule has 0 aliphatic heterocycles. The monoisotopic (exact) mass is 719 g/mol. The number of phenolic OH excluding ortho intramolecular Hbond substituents is 2. The van der Waals surface area contributed by atoms with Gasteiger partial charge >= 0.3 is 12.4 Å². The minimum Gasteiger partial charge on any atom is -0.507 e. The summed E-state index contributed by atoms with van der Waals surface area (Å²) in [5.74, 6) is -4.23. The number of carbonyl (C=O) groups is 2. The number of ketones is 2. The lowest BCUT2D eigenvalue weighted by Crippen LogP contribution is -2.14. The Morgan fingerprint density at radius 1 is 0.804 bits per heavy atom. The second kappa shape index (κ2) is 12.2. The molecule has 0 spiro atoms. The number of rotatable bonds is 7. The number of hydrogen-bond donors (Lipinski definition) is 3. The molecule has 5 rings (SSSR count). The smallest absolute Gasteiger partial charge is 0.416 e. The average Bonchev–Trinajstić information content (AvgIpc) is 3.46. The van der Waals surface area contributed by atoms with Crippen molar-refractivity contribution in [3.8, 4) is 17.2 Å². The van der Waals surface area contributed by atoms with Crippen molar-refractivity contribution in [1.82, 2.24) is 14.5 Å². The summed E-state index contributed by atoms with van der Waals surface area (Å²) < 4.78 is 80.3. The molecule has 0 saturated heterocycles. The van der Waals surface area contributed by atoms with Crippen molar-refractivity contribution in [2.24, 2.45) is 0 Å². The number of alkyl halides is 6. The first kappa shape index (κ1) is 33.3. The number of aromatic hydroxyl groups is 2. The van der Waals surface area contributed by atoms with E-state index in [9.17, 15) is 46.1 Å². The average molecular weight is 721 g/mol. The van der Waals surface area contributed by atoms with Gasteiger partial charge in [-0.05, 0) is 54.6 Å². The van der Waals surface area contributed by atoms with Crippen LogP contribution in [0.2, 0.25) is 15.2 Å². The molecule has 3 heterocycles. The summed E-state index contributed by atoms with van der Waals surface area (Å²) in [6.45, 7) is 0. The number of H-pyrrole nitrogens is 1. The van der Waals surface area contributed by atoms with E-state index in [-0.39, 0.29) is 25.9 Å². The van der Waals surface area contributed by atoms with E-state index < -0.39 is 69.1 Å². The molecule has 0 amide bonds. The lowest BCUT2D eigenvalue weighted by atomic mass is 10.0. The van der Waals surface area contributed by atoms with Crippen LogP contribution in [-0.4, -0.2) is 36.3 Å². The van der Waals surface area contributed by atoms with Gasteiger partial charge in [-0.3, -0.25) is 14.2 Å². The molecule has 0 aliphatic carbocycles. The van der Waals surface area contributed by atoms with Crippen LogP contribution >= 0.6 is 46.6 Å². The van der Waals surface area contributed by atoms with Crippen LogP contribution in [0.15, 0.2) is 76.9 Å². The SMILES string of the molecule is O=C(c1ccc(C(F)(F)F)cc1O)c1[nH]c(Cl)c(Cl)c1-n1c(C(=O)c2ccc(C(F)(F)F)cc2O)cc(Cl)c1Sc1ccccn1. The summed E-state index contributed by atoms with van der Waals surface area (Å²) in [7, 11) is 0. The highest BCUT2D eigenvalue weighted by Crippen LogP contribution is 2.44. The number of phenols is 2. The normalized spacial score (nSPS) is 12.0. The first-order valence-corrected chi connectivity index (χ1v) is 14.4. The third-order valence-corrected chi connectivity index (χ3v) is 8.64. The van der Waals surface area contributed by atoms with Crippen molar-refractivity contribution in [3.63, 3.8) is 0 Å². The van der Waals surface area contributed by atoms with Crippen LogP contribution in [0.3, 0.4) is 0 Å². The standard InChI is InChI=1S/C29H14Cl3F6N3O4S/c30-16-11-17(24(44)14-6-4-12(9-18(14)42)28(33,34)35)41(27(16)46-20-3-1-2-8-39-20)23-21(31)26(32)40-22(23)25(45)15-7-5-13(10-19(15)43)29(36,37)38/h1-11,40,42-43H. The Morgan fingerprint density at radius 2 is 1.37 bits per heavy atom. The fraction of sp³-hybridized carbons (Fsp3) is 0.0690. The summed E-state index contributed by atoms with van der Waals surface area (Å²) in [5.41, 5.74) is -4.92. The van der Waals surface area contributed by atoms with Crippen LogP contribution in [0.25, 0.3) is 5.69 Å². The second-order valence-corrected chi connectivity index (χ2v) is 11.6. The highest BCUT2D eigenvalue weighted by atomic mass is 35.5. The maximum atomic E-state index is 13.8. The lowest BCUT2D eigenvalue weighted by molar-refractivity contribution is -0.138. The van der Waals surface area contributed by atoms with E-state index in [0.717, 1.165) is 34.5 Å². The predicted octanol–water partition coefficient (Wildman–Crippen LogP) is 9.22. The fourth-order valence-electron chi connectivity index (χ4n) is 4.34. The van der Waals surface area contributed by atoms with E-state index >= 15 is 0 Å². The molecule has 3 N–H and O–H groups in total. The molecule has 0 aliphatic rings. The van der Waals surface area contributed by atoms with Crippen molar-refractivity contribution in [1.29, 1.82) is 0 Å². The van der Waals surface area contributed by atoms with Gasteiger partial charge in [0, 0.05) is 6.20 Å². The topological polar surface area (TPSA) is 108 Å². The van der Waals surface area contributed by atoms with Gasteiger partial charge in [-0.2, -0.15) is 26.3 Å². The van der Waals surface area contributed by atoms with E-state index in [1.807, 2.05) is 0 Å². The van der Waals surface area contributed by atoms with Crippen LogP contribution in [0.1, 0.15) is 43.2 Å². The van der Waals surface area contributed by atoms with Crippen LogP contribution in [0.5, 0.6) is 11.5 Å². The van der Waals surface area contributed by atoms with E-state index in [2.05, 4.69) is 9.97 Å². The molecule has 0 unspecified atom stereocenters. The Kier molecular flexibility index (Phi) is 8.85. The highest BCUT2D eigenvalue weighted by Gasteiger charge is 2.35. The molecular formula is C29H14Cl3F6N3O4S. The van der Waals surface area contributed by atoms with Crippen LogP contribution < -0.4 is 0 Å². The largest absolute Gasteiger partial charge is 0.507 e. The zero-order valence-corrected chi connectivity index (χ0v) is 25.4. The van der Waals surface area contributed by atoms with Gasteiger partial charge in [0.25, 0.3) is 0 Å². The van der Waals surface area contributed by atoms with Crippen LogP contribution in [0, 0.1) is 0 Å². The number of halogens is 9. The van der Waals surface area contributed by atoms with Gasteiger partial charge < -0.3 is 15.2 Å². The molecule has 17 heteroatoms. The number of aromatic amines is 1. The highest BCUT2D eigenvalue weighted by molar-refractivity contribution is 7.99. The van der Waals surface area contributed by atoms with Gasteiger partial charge in [-0.1, -0.05) is 52.6 Å². The van der Waals surface area contributed by atoms with Gasteiger partial charge in [0.05, 0.1) is 38.7 Å². The molecule has 0 saturated carbocycles. The molecule has 5 aromatic rings. The molecule has 2 aromatic carbocycles. The van der Waals surface area contributed by atoms with Gasteiger partial charge in [-0.25, -0.2) is 4.98 Å². The van der Waals surface area contributed by atoms with E-state index in [0.29, 0.717) is 29.3 Å². The molecule has 7 nitrogen and oxygen atoms in total. The molecule has 0 atom stereocenters. The van der Waals surface area contributed by atoms with Gasteiger partial charge in [0.15, 0.2) is 0 Å². The Bertz CT molecular complexity index is 2010. The molecule has 46 heavy (non-hydrogen) atoms. The van der Waals surface area contributed by atoms with Crippen molar-refractivity contribution in [2.75, 3.05) is 0 Å². The van der Waals surface area contributed by atoms with Crippen molar-refractivity contribution in [3.05, 3.63) is 116 Å². The summed E-state index contributed by atoms with van der Waals surface area (Å²) in [6.07, 6.45) is -8.22. The quantitative estimate of drug-likeness (QED) is 0.114. The predicted molar refractivity (Wildman–Crippen MR) is 157 cm³/mol. The van der Waals surface area contributed by atoms with E-state index in [1.54, 1.807) is 18.2 Å². The summed E-state index contributed by atoms with van der Waals surface area (Å²) in [4.78, 5) is 34.2. The number of nitrogens with zero attached hydrogens (tertiary/aromatic N) is 2.